The molecule has 0 bridgehead atoms. The molecule has 0 aromatic carbocycles. The number of nitrogens with zero attached hydrogens (tertiary/aromatic N) is 2. The van der Waals surface area contributed by atoms with Crippen LogP contribution >= 0.6 is 11.6 Å². The second-order valence-electron chi connectivity index (χ2n) is 3.98. The minimum atomic E-state index is -0.542. The first-order valence-electron chi connectivity index (χ1n) is 5.22. The molecule has 0 amide bonds. The molecule has 90 valence electrons. The van der Waals surface area contributed by atoms with Crippen LogP contribution in [0.1, 0.15) is 24.3 Å². The summed E-state index contributed by atoms with van der Waals surface area (Å²) in [6.45, 7) is 0. The molecule has 2 atom stereocenters. The van der Waals surface area contributed by atoms with E-state index in [2.05, 4.69) is 4.98 Å². The van der Waals surface area contributed by atoms with Gasteiger partial charge in [-0.05, 0) is 30.5 Å². The Bertz CT molecular complexity index is 458. The largest absolute Gasteiger partial charge is 0.393 e. The average molecular weight is 255 g/mol. The summed E-state index contributed by atoms with van der Waals surface area (Å²) in [4.78, 5) is 14.4. The number of halogens is 1. The SMILES string of the molecule is O=[N+]([O-])C1=CC[C@@H](O)C[C@@H]1c1ccc(Cl)nc1. The van der Waals surface area contributed by atoms with Gasteiger partial charge in [0.1, 0.15) is 5.15 Å². The fraction of sp³-hybridized carbons (Fsp3) is 0.364. The van der Waals surface area contributed by atoms with Crippen molar-refractivity contribution < 1.29 is 10.0 Å². The third kappa shape index (κ3) is 2.62. The van der Waals surface area contributed by atoms with E-state index in [4.69, 9.17) is 11.6 Å². The van der Waals surface area contributed by atoms with Gasteiger partial charge in [-0.15, -0.1) is 0 Å². The molecule has 0 saturated heterocycles. The van der Waals surface area contributed by atoms with Crippen LogP contribution in [0.4, 0.5) is 0 Å². The molecule has 17 heavy (non-hydrogen) atoms. The number of nitro groups is 1. The fourth-order valence-electron chi connectivity index (χ4n) is 1.99. The molecule has 0 aliphatic heterocycles. The molecule has 5 nitrogen and oxygen atoms in total. The van der Waals surface area contributed by atoms with Crippen molar-refractivity contribution in [2.75, 3.05) is 0 Å². The first-order chi connectivity index (χ1) is 8.08. The zero-order valence-electron chi connectivity index (χ0n) is 8.91. The molecule has 1 aromatic rings. The van der Waals surface area contributed by atoms with Gasteiger partial charge in [0.15, 0.2) is 0 Å². The van der Waals surface area contributed by atoms with Crippen molar-refractivity contribution in [2.24, 2.45) is 0 Å². The van der Waals surface area contributed by atoms with Crippen LogP contribution in [0.3, 0.4) is 0 Å². The van der Waals surface area contributed by atoms with E-state index in [9.17, 15) is 15.2 Å². The van der Waals surface area contributed by atoms with Crippen LogP contribution in [0.25, 0.3) is 0 Å². The number of allylic oxidation sites excluding steroid dienone is 1. The van der Waals surface area contributed by atoms with Crippen LogP contribution < -0.4 is 0 Å². The summed E-state index contributed by atoms with van der Waals surface area (Å²) in [7, 11) is 0. The maximum atomic E-state index is 10.9. The Labute approximate surface area is 103 Å². The summed E-state index contributed by atoms with van der Waals surface area (Å²) in [6.07, 6.45) is 3.12. The van der Waals surface area contributed by atoms with Crippen LogP contribution in [0.2, 0.25) is 5.15 Å². The van der Waals surface area contributed by atoms with Gasteiger partial charge in [-0.25, -0.2) is 4.98 Å². The Morgan fingerprint density at radius 2 is 2.29 bits per heavy atom. The van der Waals surface area contributed by atoms with Gasteiger partial charge in [-0.3, -0.25) is 10.1 Å². The molecule has 1 aliphatic rings. The highest BCUT2D eigenvalue weighted by atomic mass is 35.5. The molecule has 1 N–H and O–H groups in total. The zero-order valence-corrected chi connectivity index (χ0v) is 9.67. The summed E-state index contributed by atoms with van der Waals surface area (Å²) >= 11 is 5.67. The molecule has 1 heterocycles. The maximum absolute atomic E-state index is 10.9. The van der Waals surface area contributed by atoms with E-state index < -0.39 is 16.9 Å². The lowest BCUT2D eigenvalue weighted by molar-refractivity contribution is -0.432. The lowest BCUT2D eigenvalue weighted by Crippen LogP contribution is -2.22. The number of pyridine rings is 1. The molecule has 0 radical (unpaired) electrons. The number of hydrogen-bond donors (Lipinski definition) is 1. The summed E-state index contributed by atoms with van der Waals surface area (Å²) in [5.41, 5.74) is 0.829. The van der Waals surface area contributed by atoms with Crippen molar-refractivity contribution in [1.29, 1.82) is 0 Å². The van der Waals surface area contributed by atoms with Crippen molar-refractivity contribution in [3.63, 3.8) is 0 Å². The summed E-state index contributed by atoms with van der Waals surface area (Å²) < 4.78 is 0. The van der Waals surface area contributed by atoms with E-state index in [0.29, 0.717) is 23.6 Å². The molecular formula is C11H11ClN2O3. The Morgan fingerprint density at radius 1 is 1.53 bits per heavy atom. The van der Waals surface area contributed by atoms with E-state index in [0.717, 1.165) is 0 Å². The zero-order chi connectivity index (χ0) is 12.4. The van der Waals surface area contributed by atoms with Crippen molar-refractivity contribution in [1.82, 2.24) is 4.98 Å². The Morgan fingerprint density at radius 3 is 2.88 bits per heavy atom. The molecule has 1 aliphatic carbocycles. The van der Waals surface area contributed by atoms with E-state index >= 15 is 0 Å². The minimum Gasteiger partial charge on any atom is -0.393 e. The normalized spacial score (nSPS) is 24.2. The number of aromatic nitrogens is 1. The average Bonchev–Trinajstić information content (AvgIpc) is 2.29. The topological polar surface area (TPSA) is 76.3 Å². The predicted octanol–water partition coefficient (Wildman–Crippen LogP) is 2.13. The van der Waals surface area contributed by atoms with Crippen LogP contribution in [-0.2, 0) is 0 Å². The van der Waals surface area contributed by atoms with E-state index in [-0.39, 0.29) is 5.70 Å². The quantitative estimate of drug-likeness (QED) is 0.498. The number of aliphatic hydroxyl groups is 1. The van der Waals surface area contributed by atoms with Crippen LogP contribution in [0.15, 0.2) is 30.1 Å². The molecule has 0 spiro atoms. The van der Waals surface area contributed by atoms with Gasteiger partial charge in [-0.2, -0.15) is 0 Å². The standard InChI is InChI=1S/C11H11ClN2O3/c12-11-4-1-7(6-13-11)9-5-8(15)2-3-10(9)14(16)17/h1,3-4,6,8-9,15H,2,5H2/t8-,9-/m1/s1. The second kappa shape index (κ2) is 4.81. The lowest BCUT2D eigenvalue weighted by Gasteiger charge is -2.21. The second-order valence-corrected chi connectivity index (χ2v) is 4.37. The van der Waals surface area contributed by atoms with Crippen molar-refractivity contribution >= 4 is 11.6 Å². The van der Waals surface area contributed by atoms with Gasteiger partial charge in [0.2, 0.25) is 5.70 Å². The van der Waals surface area contributed by atoms with E-state index in [1.807, 2.05) is 0 Å². The summed E-state index contributed by atoms with van der Waals surface area (Å²) in [5, 5.41) is 20.8. The van der Waals surface area contributed by atoms with Gasteiger partial charge in [0, 0.05) is 6.20 Å². The maximum Gasteiger partial charge on any atom is 0.249 e. The van der Waals surface area contributed by atoms with Gasteiger partial charge >= 0.3 is 0 Å². The van der Waals surface area contributed by atoms with Crippen LogP contribution in [0, 0.1) is 10.1 Å². The summed E-state index contributed by atoms with van der Waals surface area (Å²) in [6, 6.07) is 3.30. The van der Waals surface area contributed by atoms with Crippen molar-refractivity contribution in [3.05, 3.63) is 50.9 Å². The van der Waals surface area contributed by atoms with Gasteiger partial charge < -0.3 is 5.11 Å². The first kappa shape index (κ1) is 12.0. The van der Waals surface area contributed by atoms with Gasteiger partial charge in [0.25, 0.3) is 0 Å². The van der Waals surface area contributed by atoms with Crippen molar-refractivity contribution in [3.8, 4) is 0 Å². The number of hydrogen-bond acceptors (Lipinski definition) is 4. The Hall–Kier alpha value is -1.46. The van der Waals surface area contributed by atoms with E-state index in [1.54, 1.807) is 12.1 Å². The van der Waals surface area contributed by atoms with E-state index in [1.165, 1.54) is 12.3 Å². The molecule has 0 unspecified atom stereocenters. The lowest BCUT2D eigenvalue weighted by atomic mass is 9.86. The molecular weight excluding hydrogens is 244 g/mol. The summed E-state index contributed by atoms with van der Waals surface area (Å²) in [5.74, 6) is -0.418. The number of aliphatic hydroxyl groups excluding tert-OH is 1. The first-order valence-corrected chi connectivity index (χ1v) is 5.59. The third-order valence-electron chi connectivity index (χ3n) is 2.83. The highest BCUT2D eigenvalue weighted by Crippen LogP contribution is 2.34. The number of rotatable bonds is 2. The third-order valence-corrected chi connectivity index (χ3v) is 3.05. The van der Waals surface area contributed by atoms with Crippen molar-refractivity contribution in [2.45, 2.75) is 24.9 Å². The molecule has 6 heteroatoms. The predicted molar refractivity (Wildman–Crippen MR) is 62.3 cm³/mol. The van der Waals surface area contributed by atoms with Crippen LogP contribution in [-0.4, -0.2) is 21.1 Å². The fourth-order valence-corrected chi connectivity index (χ4v) is 2.10. The molecule has 2 rings (SSSR count). The Kier molecular flexibility index (Phi) is 3.40. The van der Waals surface area contributed by atoms with Gasteiger partial charge in [-0.1, -0.05) is 17.7 Å². The highest BCUT2D eigenvalue weighted by molar-refractivity contribution is 6.29. The smallest absolute Gasteiger partial charge is 0.249 e. The monoisotopic (exact) mass is 254 g/mol. The highest BCUT2D eigenvalue weighted by Gasteiger charge is 2.32. The Balaban J connectivity index is 2.34. The molecule has 0 fully saturated rings. The molecule has 1 aromatic heterocycles. The minimum absolute atomic E-state index is 0.124. The van der Waals surface area contributed by atoms with Gasteiger partial charge in [0.05, 0.1) is 16.9 Å². The van der Waals surface area contributed by atoms with Crippen LogP contribution in [0.5, 0.6) is 0 Å². The molecule has 0 saturated carbocycles.